The van der Waals surface area contributed by atoms with Crippen LogP contribution < -0.4 is 10.6 Å². The van der Waals surface area contributed by atoms with Gasteiger partial charge >= 0.3 is 5.97 Å². The molecule has 0 bridgehead atoms. The van der Waals surface area contributed by atoms with Crippen molar-refractivity contribution < 1.29 is 19.5 Å². The predicted octanol–water partition coefficient (Wildman–Crippen LogP) is 2.46. The van der Waals surface area contributed by atoms with Crippen LogP contribution in [0.15, 0.2) is 29.6 Å². The first-order valence-corrected chi connectivity index (χ1v) is 9.47. The van der Waals surface area contributed by atoms with Gasteiger partial charge in [-0.2, -0.15) is 0 Å². The number of thiazole rings is 1. The standard InChI is InChI=1S/C19H23N3O4S/c1-11(2)7-15(19(25)26)22-16(23)9-20-17(24)13-5-4-6-14(8-13)18-21-12(3)10-27-18/h4-6,8,10-11,15H,7,9H2,1-3H3,(H,20,24)(H,22,23)(H,25,26)/t15-/m0/s1. The van der Waals surface area contributed by atoms with Gasteiger partial charge in [-0.05, 0) is 31.4 Å². The summed E-state index contributed by atoms with van der Waals surface area (Å²) in [5.41, 5.74) is 2.15. The van der Waals surface area contributed by atoms with Crippen molar-refractivity contribution in [2.45, 2.75) is 33.2 Å². The van der Waals surface area contributed by atoms with E-state index in [1.165, 1.54) is 11.3 Å². The van der Waals surface area contributed by atoms with Crippen LogP contribution in [0.25, 0.3) is 10.6 Å². The van der Waals surface area contributed by atoms with Gasteiger partial charge in [-0.15, -0.1) is 11.3 Å². The van der Waals surface area contributed by atoms with Crippen molar-refractivity contribution in [1.82, 2.24) is 15.6 Å². The number of benzene rings is 1. The zero-order valence-corrected chi connectivity index (χ0v) is 16.3. The van der Waals surface area contributed by atoms with Gasteiger partial charge in [-0.3, -0.25) is 9.59 Å². The van der Waals surface area contributed by atoms with Gasteiger partial charge < -0.3 is 15.7 Å². The normalized spacial score (nSPS) is 11.9. The Labute approximate surface area is 161 Å². The van der Waals surface area contributed by atoms with Crippen LogP contribution in [-0.4, -0.2) is 40.5 Å². The lowest BCUT2D eigenvalue weighted by Gasteiger charge is -2.16. The van der Waals surface area contributed by atoms with E-state index in [1.54, 1.807) is 18.2 Å². The van der Waals surface area contributed by atoms with Crippen molar-refractivity contribution >= 4 is 29.1 Å². The third-order valence-corrected chi connectivity index (χ3v) is 4.75. The number of carbonyl (C=O) groups excluding carboxylic acids is 2. The maximum Gasteiger partial charge on any atom is 0.326 e. The van der Waals surface area contributed by atoms with Gasteiger partial charge in [-0.1, -0.05) is 26.0 Å². The van der Waals surface area contributed by atoms with Crippen LogP contribution >= 0.6 is 11.3 Å². The SMILES string of the molecule is Cc1csc(-c2cccc(C(=O)NCC(=O)N[C@@H](CC(C)C)C(=O)O)c2)n1. The number of carboxylic acid groups (broad SMARTS) is 1. The molecule has 0 aliphatic rings. The number of hydrogen-bond donors (Lipinski definition) is 3. The summed E-state index contributed by atoms with van der Waals surface area (Å²) in [7, 11) is 0. The number of aryl methyl sites for hydroxylation is 1. The van der Waals surface area contributed by atoms with E-state index >= 15 is 0 Å². The van der Waals surface area contributed by atoms with E-state index < -0.39 is 23.8 Å². The molecule has 0 unspecified atom stereocenters. The quantitative estimate of drug-likeness (QED) is 0.643. The zero-order valence-electron chi connectivity index (χ0n) is 15.5. The van der Waals surface area contributed by atoms with Gasteiger partial charge in [0, 0.05) is 22.2 Å². The summed E-state index contributed by atoms with van der Waals surface area (Å²) < 4.78 is 0. The molecule has 7 nitrogen and oxygen atoms in total. The van der Waals surface area contributed by atoms with E-state index in [9.17, 15) is 14.4 Å². The third kappa shape index (κ3) is 6.18. The smallest absolute Gasteiger partial charge is 0.326 e. The Balaban J connectivity index is 1.95. The molecule has 2 rings (SSSR count). The molecule has 0 aliphatic heterocycles. The first kappa shape index (κ1) is 20.6. The molecule has 0 spiro atoms. The molecule has 0 aliphatic carbocycles. The van der Waals surface area contributed by atoms with Crippen molar-refractivity contribution in [3.8, 4) is 10.6 Å². The fraction of sp³-hybridized carbons (Fsp3) is 0.368. The van der Waals surface area contributed by atoms with Crippen LogP contribution in [0.2, 0.25) is 0 Å². The molecule has 0 radical (unpaired) electrons. The van der Waals surface area contributed by atoms with Crippen LogP contribution in [0.5, 0.6) is 0 Å². The van der Waals surface area contributed by atoms with Gasteiger partial charge in [-0.25, -0.2) is 9.78 Å². The largest absolute Gasteiger partial charge is 0.480 e. The fourth-order valence-electron chi connectivity index (χ4n) is 2.48. The Bertz CT molecular complexity index is 832. The Morgan fingerprint density at radius 2 is 2.00 bits per heavy atom. The number of aromatic nitrogens is 1. The van der Waals surface area contributed by atoms with E-state index in [2.05, 4.69) is 15.6 Å². The van der Waals surface area contributed by atoms with Gasteiger partial charge in [0.15, 0.2) is 0 Å². The number of aliphatic carboxylic acids is 1. The van der Waals surface area contributed by atoms with E-state index in [1.807, 2.05) is 32.2 Å². The van der Waals surface area contributed by atoms with E-state index in [0.717, 1.165) is 16.3 Å². The lowest BCUT2D eigenvalue weighted by atomic mass is 10.0. The maximum atomic E-state index is 12.3. The van der Waals surface area contributed by atoms with Gasteiger partial charge in [0.2, 0.25) is 5.91 Å². The maximum absolute atomic E-state index is 12.3. The Morgan fingerprint density at radius 3 is 2.59 bits per heavy atom. The summed E-state index contributed by atoms with van der Waals surface area (Å²) in [5.74, 6) is -1.91. The second kappa shape index (κ2) is 9.27. The second-order valence-electron chi connectivity index (χ2n) is 6.65. The number of carbonyl (C=O) groups is 3. The molecule has 1 heterocycles. The number of nitrogens with one attached hydrogen (secondary N) is 2. The Morgan fingerprint density at radius 1 is 1.26 bits per heavy atom. The molecule has 27 heavy (non-hydrogen) atoms. The molecule has 2 aromatic rings. The molecular formula is C19H23N3O4S. The van der Waals surface area contributed by atoms with Crippen molar-refractivity contribution in [1.29, 1.82) is 0 Å². The molecule has 144 valence electrons. The fourth-order valence-corrected chi connectivity index (χ4v) is 3.28. The summed E-state index contributed by atoms with van der Waals surface area (Å²) in [4.78, 5) is 39.9. The minimum absolute atomic E-state index is 0.123. The van der Waals surface area contributed by atoms with Crippen LogP contribution in [0.3, 0.4) is 0 Å². The molecule has 1 aromatic heterocycles. The highest BCUT2D eigenvalue weighted by molar-refractivity contribution is 7.13. The first-order chi connectivity index (χ1) is 12.8. The Kier molecular flexibility index (Phi) is 7.06. The van der Waals surface area contributed by atoms with Crippen molar-refractivity contribution in [3.05, 3.63) is 40.9 Å². The number of rotatable bonds is 8. The van der Waals surface area contributed by atoms with Crippen LogP contribution in [0, 0.1) is 12.8 Å². The number of carboxylic acids is 1. The minimum Gasteiger partial charge on any atom is -0.480 e. The molecule has 0 saturated carbocycles. The van der Waals surface area contributed by atoms with Crippen LogP contribution in [0.4, 0.5) is 0 Å². The number of hydrogen-bond acceptors (Lipinski definition) is 5. The lowest BCUT2D eigenvalue weighted by Crippen LogP contribution is -2.46. The summed E-state index contributed by atoms with van der Waals surface area (Å²) >= 11 is 1.49. The van der Waals surface area contributed by atoms with Crippen molar-refractivity contribution in [3.63, 3.8) is 0 Å². The molecule has 3 N–H and O–H groups in total. The zero-order chi connectivity index (χ0) is 20.0. The third-order valence-electron chi connectivity index (χ3n) is 3.74. The molecule has 0 fully saturated rings. The first-order valence-electron chi connectivity index (χ1n) is 8.59. The van der Waals surface area contributed by atoms with Gasteiger partial charge in [0.25, 0.3) is 5.91 Å². The average Bonchev–Trinajstić information content (AvgIpc) is 3.05. The minimum atomic E-state index is -1.09. The van der Waals surface area contributed by atoms with Gasteiger partial charge in [0.1, 0.15) is 11.0 Å². The van der Waals surface area contributed by atoms with Gasteiger partial charge in [0.05, 0.1) is 6.54 Å². The monoisotopic (exact) mass is 389 g/mol. The molecular weight excluding hydrogens is 366 g/mol. The highest BCUT2D eigenvalue weighted by Gasteiger charge is 2.21. The highest BCUT2D eigenvalue weighted by atomic mass is 32.1. The second-order valence-corrected chi connectivity index (χ2v) is 7.50. The summed E-state index contributed by atoms with van der Waals surface area (Å²) in [6.07, 6.45) is 0.324. The molecule has 8 heteroatoms. The van der Waals surface area contributed by atoms with Crippen LogP contribution in [0.1, 0.15) is 36.3 Å². The molecule has 1 aromatic carbocycles. The topological polar surface area (TPSA) is 108 Å². The molecule has 2 amide bonds. The summed E-state index contributed by atoms with van der Waals surface area (Å²) in [6, 6.07) is 6.01. The average molecular weight is 389 g/mol. The molecule has 0 saturated heterocycles. The number of nitrogens with zero attached hydrogens (tertiary/aromatic N) is 1. The van der Waals surface area contributed by atoms with Crippen LogP contribution in [-0.2, 0) is 9.59 Å². The lowest BCUT2D eigenvalue weighted by molar-refractivity contribution is -0.142. The summed E-state index contributed by atoms with van der Waals surface area (Å²) in [6.45, 7) is 5.36. The Hall–Kier alpha value is -2.74. The summed E-state index contributed by atoms with van der Waals surface area (Å²) in [5, 5.41) is 16.9. The number of amides is 2. The van der Waals surface area contributed by atoms with E-state index in [0.29, 0.717) is 12.0 Å². The predicted molar refractivity (Wildman–Crippen MR) is 104 cm³/mol. The van der Waals surface area contributed by atoms with Crippen molar-refractivity contribution in [2.75, 3.05) is 6.54 Å². The molecule has 1 atom stereocenters. The highest BCUT2D eigenvalue weighted by Crippen LogP contribution is 2.24. The van der Waals surface area contributed by atoms with Crippen molar-refractivity contribution in [2.24, 2.45) is 5.92 Å². The van der Waals surface area contributed by atoms with E-state index in [-0.39, 0.29) is 12.5 Å². The van der Waals surface area contributed by atoms with E-state index in [4.69, 9.17) is 5.11 Å².